The van der Waals surface area contributed by atoms with Gasteiger partial charge < -0.3 is 13.9 Å². The third-order valence-corrected chi connectivity index (χ3v) is 11.2. The van der Waals surface area contributed by atoms with E-state index in [2.05, 4.69) is 216 Å². The molecule has 57 heavy (non-hydrogen) atoms. The van der Waals surface area contributed by atoms with E-state index in [-0.39, 0.29) is 0 Å². The van der Waals surface area contributed by atoms with Crippen molar-refractivity contribution >= 4 is 60.8 Å². The Morgan fingerprint density at radius 1 is 0.316 bits per heavy atom. The zero-order valence-corrected chi connectivity index (χ0v) is 31.1. The number of furan rings is 1. The maximum Gasteiger partial charge on any atom is 0.137 e. The summed E-state index contributed by atoms with van der Waals surface area (Å²) in [5, 5.41) is 4.74. The molecule has 0 aliphatic rings. The standard InChI is InChI=1S/C54H36N2O/c1-2-13-37(14-3-1)40-15-12-16-41(35-40)38-25-29-42(30-26-38)55(44-33-34-49-48-20-7-11-24-53(48)57-54(49)36-44)43-31-27-39(28-32-43)45-17-4-8-21-50(45)56-51-22-9-5-18-46(51)47-19-6-10-23-52(47)56/h1-36H. The molecule has 0 radical (unpaired) electrons. The molecule has 9 aromatic carbocycles. The Bertz CT molecular complexity index is 3170. The van der Waals surface area contributed by atoms with Crippen molar-refractivity contribution in [2.75, 3.05) is 4.90 Å². The first-order valence-corrected chi connectivity index (χ1v) is 19.4. The number of hydrogen-bond acceptors (Lipinski definition) is 2. The first kappa shape index (κ1) is 32.8. The fourth-order valence-electron chi connectivity index (χ4n) is 8.50. The number of hydrogen-bond donors (Lipinski definition) is 0. The molecule has 0 aliphatic heterocycles. The second kappa shape index (κ2) is 13.6. The Morgan fingerprint density at radius 3 is 1.53 bits per heavy atom. The summed E-state index contributed by atoms with van der Waals surface area (Å²) in [5.74, 6) is 0. The Balaban J connectivity index is 1.01. The molecule has 0 bridgehead atoms. The van der Waals surface area contributed by atoms with Gasteiger partial charge in [-0.2, -0.15) is 0 Å². The lowest BCUT2D eigenvalue weighted by Crippen LogP contribution is -2.09. The molecule has 11 rings (SSSR count). The molecule has 2 heterocycles. The van der Waals surface area contributed by atoms with Crippen LogP contribution >= 0.6 is 0 Å². The Hall–Kier alpha value is -7.62. The van der Waals surface area contributed by atoms with Gasteiger partial charge in [-0.05, 0) is 94.5 Å². The SMILES string of the molecule is c1ccc(-c2cccc(-c3ccc(N(c4ccc(-c5ccccc5-n5c6ccccc6c6ccccc65)cc4)c4ccc5c(c4)oc4ccccc45)cc3)c2)cc1. The smallest absolute Gasteiger partial charge is 0.137 e. The molecule has 2 aromatic heterocycles. The van der Waals surface area contributed by atoms with Crippen molar-refractivity contribution in [2.24, 2.45) is 0 Å². The fraction of sp³-hybridized carbons (Fsp3) is 0. The van der Waals surface area contributed by atoms with E-state index in [1.165, 1.54) is 49.6 Å². The summed E-state index contributed by atoms with van der Waals surface area (Å²) in [6.45, 7) is 0. The zero-order chi connectivity index (χ0) is 37.7. The Labute approximate surface area is 330 Å². The maximum absolute atomic E-state index is 6.40. The highest BCUT2D eigenvalue weighted by molar-refractivity contribution is 6.10. The molecule has 0 saturated carbocycles. The molecule has 268 valence electrons. The number of benzene rings is 9. The van der Waals surface area contributed by atoms with E-state index in [1.54, 1.807) is 0 Å². The van der Waals surface area contributed by atoms with Crippen molar-refractivity contribution < 1.29 is 4.42 Å². The molecule has 0 saturated heterocycles. The normalized spacial score (nSPS) is 11.5. The fourth-order valence-corrected chi connectivity index (χ4v) is 8.50. The van der Waals surface area contributed by atoms with Crippen molar-refractivity contribution in [1.82, 2.24) is 4.57 Å². The Kier molecular flexibility index (Phi) is 7.82. The first-order chi connectivity index (χ1) is 28.3. The molecule has 3 heteroatoms. The second-order valence-electron chi connectivity index (χ2n) is 14.5. The molecule has 0 unspecified atom stereocenters. The van der Waals surface area contributed by atoms with Crippen LogP contribution in [0.5, 0.6) is 0 Å². The maximum atomic E-state index is 6.40. The van der Waals surface area contributed by atoms with Gasteiger partial charge in [0, 0.05) is 50.2 Å². The molecular weight excluding hydrogens is 693 g/mol. The van der Waals surface area contributed by atoms with E-state index < -0.39 is 0 Å². The van der Waals surface area contributed by atoms with E-state index in [1.807, 2.05) is 12.1 Å². The van der Waals surface area contributed by atoms with Gasteiger partial charge in [-0.15, -0.1) is 0 Å². The molecule has 0 amide bonds. The van der Waals surface area contributed by atoms with Crippen molar-refractivity contribution in [3.05, 3.63) is 218 Å². The minimum absolute atomic E-state index is 0.866. The van der Waals surface area contributed by atoms with Gasteiger partial charge in [-0.25, -0.2) is 0 Å². The highest BCUT2D eigenvalue weighted by atomic mass is 16.3. The van der Waals surface area contributed by atoms with Crippen molar-refractivity contribution in [1.29, 1.82) is 0 Å². The second-order valence-corrected chi connectivity index (χ2v) is 14.5. The van der Waals surface area contributed by atoms with Crippen LogP contribution in [0.2, 0.25) is 0 Å². The third-order valence-electron chi connectivity index (χ3n) is 11.2. The summed E-state index contributed by atoms with van der Waals surface area (Å²) < 4.78 is 8.80. The van der Waals surface area contributed by atoms with Gasteiger partial charge >= 0.3 is 0 Å². The largest absolute Gasteiger partial charge is 0.456 e. The van der Waals surface area contributed by atoms with Crippen LogP contribution in [0.4, 0.5) is 17.1 Å². The van der Waals surface area contributed by atoms with Crippen LogP contribution in [-0.4, -0.2) is 4.57 Å². The highest BCUT2D eigenvalue weighted by Crippen LogP contribution is 2.41. The lowest BCUT2D eigenvalue weighted by molar-refractivity contribution is 0.669. The lowest BCUT2D eigenvalue weighted by atomic mass is 9.99. The molecule has 0 spiro atoms. The average Bonchev–Trinajstić information content (AvgIpc) is 3.83. The summed E-state index contributed by atoms with van der Waals surface area (Å²) in [6, 6.07) is 78.1. The monoisotopic (exact) mass is 728 g/mol. The number of para-hydroxylation sites is 4. The number of aromatic nitrogens is 1. The van der Waals surface area contributed by atoms with Gasteiger partial charge in [0.2, 0.25) is 0 Å². The van der Waals surface area contributed by atoms with Crippen LogP contribution in [0.15, 0.2) is 223 Å². The van der Waals surface area contributed by atoms with Crippen LogP contribution in [-0.2, 0) is 0 Å². The summed E-state index contributed by atoms with van der Waals surface area (Å²) in [4.78, 5) is 2.32. The summed E-state index contributed by atoms with van der Waals surface area (Å²) in [7, 11) is 0. The molecule has 11 aromatic rings. The quantitative estimate of drug-likeness (QED) is 0.163. The summed E-state index contributed by atoms with van der Waals surface area (Å²) in [5.41, 5.74) is 15.6. The third kappa shape index (κ3) is 5.68. The minimum atomic E-state index is 0.866. The molecule has 0 N–H and O–H groups in total. The van der Waals surface area contributed by atoms with Gasteiger partial charge in [0.1, 0.15) is 11.2 Å². The van der Waals surface area contributed by atoms with Crippen molar-refractivity contribution in [2.45, 2.75) is 0 Å². The van der Waals surface area contributed by atoms with E-state index >= 15 is 0 Å². The molecule has 0 fully saturated rings. The van der Waals surface area contributed by atoms with Crippen LogP contribution in [0, 0.1) is 0 Å². The predicted octanol–water partition coefficient (Wildman–Crippen LogP) is 15.2. The van der Waals surface area contributed by atoms with Crippen LogP contribution in [0.1, 0.15) is 0 Å². The molecular formula is C54H36N2O. The highest BCUT2D eigenvalue weighted by Gasteiger charge is 2.18. The van der Waals surface area contributed by atoms with Crippen LogP contribution in [0.3, 0.4) is 0 Å². The van der Waals surface area contributed by atoms with Crippen LogP contribution < -0.4 is 4.90 Å². The predicted molar refractivity (Wildman–Crippen MR) is 239 cm³/mol. The summed E-state index contributed by atoms with van der Waals surface area (Å²) >= 11 is 0. The van der Waals surface area contributed by atoms with E-state index in [9.17, 15) is 0 Å². The zero-order valence-electron chi connectivity index (χ0n) is 31.1. The van der Waals surface area contributed by atoms with Gasteiger partial charge in [0.05, 0.1) is 16.7 Å². The number of nitrogens with zero attached hydrogens (tertiary/aromatic N) is 2. The topological polar surface area (TPSA) is 21.3 Å². The number of rotatable bonds is 7. The van der Waals surface area contributed by atoms with Crippen LogP contribution in [0.25, 0.3) is 82.8 Å². The first-order valence-electron chi connectivity index (χ1n) is 19.4. The Morgan fingerprint density at radius 2 is 0.825 bits per heavy atom. The van der Waals surface area contributed by atoms with Gasteiger partial charge in [-0.3, -0.25) is 0 Å². The van der Waals surface area contributed by atoms with E-state index in [0.717, 1.165) is 50.3 Å². The number of fused-ring (bicyclic) bond motifs is 6. The molecule has 0 aliphatic carbocycles. The van der Waals surface area contributed by atoms with Gasteiger partial charge in [0.25, 0.3) is 0 Å². The van der Waals surface area contributed by atoms with Crippen molar-refractivity contribution in [3.63, 3.8) is 0 Å². The minimum Gasteiger partial charge on any atom is -0.456 e. The number of anilines is 3. The molecule has 3 nitrogen and oxygen atoms in total. The summed E-state index contributed by atoms with van der Waals surface area (Å²) in [6.07, 6.45) is 0. The van der Waals surface area contributed by atoms with Gasteiger partial charge in [0.15, 0.2) is 0 Å². The average molecular weight is 729 g/mol. The van der Waals surface area contributed by atoms with E-state index in [0.29, 0.717) is 0 Å². The van der Waals surface area contributed by atoms with E-state index in [4.69, 9.17) is 4.42 Å². The van der Waals surface area contributed by atoms with Crippen molar-refractivity contribution in [3.8, 4) is 39.1 Å². The lowest BCUT2D eigenvalue weighted by Gasteiger charge is -2.26. The molecule has 0 atom stereocenters. The van der Waals surface area contributed by atoms with Gasteiger partial charge in [-0.1, -0.05) is 146 Å².